The summed E-state index contributed by atoms with van der Waals surface area (Å²) in [6, 6.07) is 10.9. The van der Waals surface area contributed by atoms with E-state index in [1.165, 1.54) is 11.3 Å². The van der Waals surface area contributed by atoms with Crippen LogP contribution in [-0.2, 0) is 4.79 Å². The molecule has 0 N–H and O–H groups in total. The van der Waals surface area contributed by atoms with E-state index in [4.69, 9.17) is 25.8 Å². The van der Waals surface area contributed by atoms with E-state index in [2.05, 4.69) is 4.98 Å². The van der Waals surface area contributed by atoms with Crippen LogP contribution in [0.4, 0.5) is 5.13 Å². The Morgan fingerprint density at radius 1 is 1.23 bits per heavy atom. The molecule has 4 rings (SSSR count). The van der Waals surface area contributed by atoms with Crippen LogP contribution in [0.5, 0.6) is 17.2 Å². The molecule has 0 saturated carbocycles. The zero-order valence-corrected chi connectivity index (χ0v) is 18.5. The van der Waals surface area contributed by atoms with Gasteiger partial charge in [-0.1, -0.05) is 35.1 Å². The lowest BCUT2D eigenvalue weighted by Crippen LogP contribution is -2.48. The number of likely N-dealkylation sites (N-methyl/N-ethyl adjacent to an activating group) is 1. The van der Waals surface area contributed by atoms with Crippen LogP contribution >= 0.6 is 22.9 Å². The van der Waals surface area contributed by atoms with E-state index >= 15 is 0 Å². The molecule has 1 amide bonds. The Morgan fingerprint density at radius 3 is 2.73 bits per heavy atom. The van der Waals surface area contributed by atoms with Gasteiger partial charge in [-0.15, -0.1) is 0 Å². The number of ether oxygens (including phenoxy) is 3. The van der Waals surface area contributed by atoms with Gasteiger partial charge in [0.05, 0.1) is 16.8 Å². The van der Waals surface area contributed by atoms with Crippen molar-refractivity contribution in [2.24, 2.45) is 0 Å². The third kappa shape index (κ3) is 4.03. The Kier molecular flexibility index (Phi) is 5.99. The molecule has 1 atom stereocenters. The van der Waals surface area contributed by atoms with Gasteiger partial charge in [-0.05, 0) is 38.4 Å². The molecule has 3 aromatic rings. The zero-order chi connectivity index (χ0) is 21.3. The first kappa shape index (κ1) is 20.7. The lowest BCUT2D eigenvalue weighted by molar-refractivity contribution is -0.127. The topological polar surface area (TPSA) is 64.1 Å². The third-order valence-electron chi connectivity index (χ3n) is 4.72. The van der Waals surface area contributed by atoms with Crippen LogP contribution in [0.2, 0.25) is 5.02 Å². The van der Waals surface area contributed by atoms with Crippen molar-refractivity contribution >= 4 is 44.2 Å². The number of thiazole rings is 1. The highest BCUT2D eigenvalue weighted by Crippen LogP contribution is 2.39. The van der Waals surface area contributed by atoms with E-state index in [0.29, 0.717) is 46.0 Å². The minimum Gasteiger partial charge on any atom is -0.494 e. The van der Waals surface area contributed by atoms with E-state index in [1.54, 1.807) is 30.2 Å². The Morgan fingerprint density at radius 2 is 2.00 bits per heavy atom. The second-order valence-corrected chi connectivity index (χ2v) is 8.47. The van der Waals surface area contributed by atoms with Gasteiger partial charge >= 0.3 is 0 Å². The number of hydrogen-bond acceptors (Lipinski definition) is 7. The maximum absolute atomic E-state index is 13.4. The van der Waals surface area contributed by atoms with Gasteiger partial charge in [0.1, 0.15) is 17.9 Å². The molecular weight excluding hydrogens is 426 g/mol. The molecule has 1 aliphatic rings. The van der Waals surface area contributed by atoms with E-state index in [9.17, 15) is 4.79 Å². The zero-order valence-electron chi connectivity index (χ0n) is 16.9. The van der Waals surface area contributed by atoms with Gasteiger partial charge in [-0.3, -0.25) is 9.69 Å². The molecule has 0 radical (unpaired) electrons. The Hall–Kier alpha value is -2.55. The average molecular weight is 448 g/mol. The summed E-state index contributed by atoms with van der Waals surface area (Å²) in [6.07, 6.45) is -0.758. The fourth-order valence-corrected chi connectivity index (χ4v) is 4.42. The lowest BCUT2D eigenvalue weighted by atomic mass is 10.2. The molecule has 0 spiro atoms. The Balaban J connectivity index is 1.67. The standard InChI is InChI=1S/C21H22ClN3O4S/c1-24(2)10-11-25(20(26)17-12-28-14-6-4-5-7-15(14)29-17)21-23-18-16(27-3)9-8-13(22)19(18)30-21/h4-9,17H,10-12H2,1-3H3. The lowest BCUT2D eigenvalue weighted by Gasteiger charge is -2.30. The first-order chi connectivity index (χ1) is 14.5. The van der Waals surface area contributed by atoms with E-state index in [-0.39, 0.29) is 12.5 Å². The predicted molar refractivity (Wildman–Crippen MR) is 118 cm³/mol. The Labute approximate surface area is 183 Å². The third-order valence-corrected chi connectivity index (χ3v) is 6.26. The molecular formula is C21H22ClN3O4S. The summed E-state index contributed by atoms with van der Waals surface area (Å²) in [7, 11) is 5.50. The van der Waals surface area contributed by atoms with E-state index < -0.39 is 6.10 Å². The van der Waals surface area contributed by atoms with Crippen molar-refractivity contribution in [3.63, 3.8) is 0 Å². The minimum atomic E-state index is -0.758. The van der Waals surface area contributed by atoms with Crippen LogP contribution in [-0.4, -0.2) is 62.8 Å². The predicted octanol–water partition coefficient (Wildman–Crippen LogP) is 3.69. The number of fused-ring (bicyclic) bond motifs is 2. The molecule has 9 heteroatoms. The van der Waals surface area contributed by atoms with Gasteiger partial charge in [-0.25, -0.2) is 4.98 Å². The summed E-state index contributed by atoms with van der Waals surface area (Å²) in [4.78, 5) is 21.8. The second kappa shape index (κ2) is 8.67. The van der Waals surface area contributed by atoms with E-state index in [1.807, 2.05) is 37.2 Å². The summed E-state index contributed by atoms with van der Waals surface area (Å²) < 4.78 is 17.9. The van der Waals surface area contributed by atoms with Crippen molar-refractivity contribution in [1.82, 2.24) is 9.88 Å². The van der Waals surface area contributed by atoms with Crippen LogP contribution in [0, 0.1) is 0 Å². The number of anilines is 1. The number of hydrogen-bond donors (Lipinski definition) is 0. The number of halogens is 1. The number of rotatable bonds is 6. The van der Waals surface area contributed by atoms with Crippen LogP contribution in [0.15, 0.2) is 36.4 Å². The maximum atomic E-state index is 13.4. The molecule has 30 heavy (non-hydrogen) atoms. The first-order valence-electron chi connectivity index (χ1n) is 9.45. The number of carbonyl (C=O) groups is 1. The number of nitrogens with zero attached hydrogens (tertiary/aromatic N) is 3. The number of amides is 1. The first-order valence-corrected chi connectivity index (χ1v) is 10.6. The monoisotopic (exact) mass is 447 g/mol. The van der Waals surface area contributed by atoms with Gasteiger partial charge in [0, 0.05) is 13.1 Å². The summed E-state index contributed by atoms with van der Waals surface area (Å²) in [5.41, 5.74) is 0.638. The van der Waals surface area contributed by atoms with Crippen LogP contribution in [0.3, 0.4) is 0 Å². The number of para-hydroxylation sites is 2. The van der Waals surface area contributed by atoms with Crippen molar-refractivity contribution in [3.8, 4) is 17.2 Å². The molecule has 0 saturated heterocycles. The number of aromatic nitrogens is 1. The minimum absolute atomic E-state index is 0.142. The van der Waals surface area contributed by atoms with Crippen molar-refractivity contribution in [3.05, 3.63) is 41.4 Å². The molecule has 1 aromatic heterocycles. The normalized spacial score (nSPS) is 15.4. The van der Waals surface area contributed by atoms with Crippen LogP contribution < -0.4 is 19.1 Å². The molecule has 158 valence electrons. The largest absolute Gasteiger partial charge is 0.494 e. The highest BCUT2D eigenvalue weighted by molar-refractivity contribution is 7.23. The van der Waals surface area contributed by atoms with Crippen LogP contribution in [0.25, 0.3) is 10.2 Å². The molecule has 0 bridgehead atoms. The maximum Gasteiger partial charge on any atom is 0.273 e. The average Bonchev–Trinajstić information content (AvgIpc) is 3.19. The molecule has 0 aliphatic carbocycles. The summed E-state index contributed by atoms with van der Waals surface area (Å²) >= 11 is 7.73. The van der Waals surface area contributed by atoms with Gasteiger partial charge in [0.2, 0.25) is 6.10 Å². The van der Waals surface area contributed by atoms with Gasteiger partial charge in [0.25, 0.3) is 5.91 Å². The molecule has 2 heterocycles. The SMILES string of the molecule is COc1ccc(Cl)c2sc(N(CCN(C)C)C(=O)C3COc4ccccc4O3)nc12. The van der Waals surface area contributed by atoms with Gasteiger partial charge < -0.3 is 19.1 Å². The number of methoxy groups -OCH3 is 1. The number of benzene rings is 2. The fraction of sp³-hybridized carbons (Fsp3) is 0.333. The second-order valence-electron chi connectivity index (χ2n) is 7.08. The molecule has 2 aromatic carbocycles. The Bertz CT molecular complexity index is 1070. The molecule has 0 fully saturated rings. The van der Waals surface area contributed by atoms with Crippen molar-refractivity contribution in [2.75, 3.05) is 45.8 Å². The number of carbonyl (C=O) groups excluding carboxylic acids is 1. The smallest absolute Gasteiger partial charge is 0.273 e. The van der Waals surface area contributed by atoms with Gasteiger partial charge in [0.15, 0.2) is 16.6 Å². The summed E-state index contributed by atoms with van der Waals surface area (Å²) in [6.45, 7) is 1.26. The highest BCUT2D eigenvalue weighted by Gasteiger charge is 2.33. The van der Waals surface area contributed by atoms with Crippen molar-refractivity contribution in [1.29, 1.82) is 0 Å². The van der Waals surface area contributed by atoms with Crippen molar-refractivity contribution in [2.45, 2.75) is 6.10 Å². The van der Waals surface area contributed by atoms with Gasteiger partial charge in [-0.2, -0.15) is 0 Å². The summed E-state index contributed by atoms with van der Waals surface area (Å²) in [5, 5.41) is 1.12. The van der Waals surface area contributed by atoms with Crippen molar-refractivity contribution < 1.29 is 19.0 Å². The molecule has 1 unspecified atom stereocenters. The summed E-state index contributed by atoms with van der Waals surface area (Å²) in [5.74, 6) is 1.60. The van der Waals surface area contributed by atoms with Crippen LogP contribution in [0.1, 0.15) is 0 Å². The quantitative estimate of drug-likeness (QED) is 0.574. The molecule has 1 aliphatic heterocycles. The highest BCUT2D eigenvalue weighted by atomic mass is 35.5. The van der Waals surface area contributed by atoms with E-state index in [0.717, 1.165) is 4.70 Å². The molecule has 7 nitrogen and oxygen atoms in total. The fourth-order valence-electron chi connectivity index (χ4n) is 3.14.